The quantitative estimate of drug-likeness (QED) is 0.805. The Morgan fingerprint density at radius 2 is 1.64 bits per heavy atom. The Bertz CT molecular complexity index is 576. The molecule has 0 aliphatic carbocycles. The summed E-state index contributed by atoms with van der Waals surface area (Å²) in [5.74, 6) is -0.908. The van der Waals surface area contributed by atoms with Gasteiger partial charge in [0.2, 0.25) is 5.91 Å². The maximum atomic E-state index is 13.0. The van der Waals surface area contributed by atoms with Crippen LogP contribution < -0.4 is 5.73 Å². The summed E-state index contributed by atoms with van der Waals surface area (Å²) in [6, 6.07) is 7.28. The number of alkyl halides is 6. The van der Waals surface area contributed by atoms with Crippen molar-refractivity contribution in [1.29, 1.82) is 0 Å². The van der Waals surface area contributed by atoms with Crippen molar-refractivity contribution in [3.8, 4) is 0 Å². The lowest BCUT2D eigenvalue weighted by atomic mass is 9.85. The molecule has 25 heavy (non-hydrogen) atoms. The fourth-order valence-corrected chi connectivity index (χ4v) is 2.81. The highest BCUT2D eigenvalue weighted by Crippen LogP contribution is 2.55. The van der Waals surface area contributed by atoms with E-state index < -0.39 is 49.2 Å². The average Bonchev–Trinajstić information content (AvgIpc) is 2.93. The van der Waals surface area contributed by atoms with Crippen molar-refractivity contribution in [3.63, 3.8) is 0 Å². The van der Waals surface area contributed by atoms with Gasteiger partial charge in [-0.05, 0) is 18.4 Å². The minimum absolute atomic E-state index is 0. The van der Waals surface area contributed by atoms with Crippen LogP contribution in [0.15, 0.2) is 30.3 Å². The second-order valence-corrected chi connectivity index (χ2v) is 5.88. The van der Waals surface area contributed by atoms with Crippen LogP contribution in [0.25, 0.3) is 0 Å². The number of benzene rings is 1. The number of likely N-dealkylation sites (tertiary alicyclic amines) is 1. The van der Waals surface area contributed by atoms with Gasteiger partial charge in [0.25, 0.3) is 0 Å². The van der Waals surface area contributed by atoms with Crippen molar-refractivity contribution in [2.24, 2.45) is 11.1 Å². The fraction of sp³-hybridized carbons (Fsp3) is 0.533. The molecule has 142 valence electrons. The molecule has 0 bridgehead atoms. The Hall–Kier alpha value is -1.48. The smallest absolute Gasteiger partial charge is 0.340 e. The molecule has 3 nitrogen and oxygen atoms in total. The molecule has 0 unspecified atom stereocenters. The van der Waals surface area contributed by atoms with Crippen LogP contribution in [0.4, 0.5) is 26.3 Å². The van der Waals surface area contributed by atoms with E-state index in [0.29, 0.717) is 10.5 Å². The number of nitrogens with zero attached hydrogens (tertiary/aromatic N) is 1. The molecule has 0 saturated carbocycles. The van der Waals surface area contributed by atoms with Gasteiger partial charge in [-0.3, -0.25) is 4.79 Å². The zero-order chi connectivity index (χ0) is 18.2. The molecule has 0 radical (unpaired) electrons. The molecular formula is C15H17ClF6N2O. The van der Waals surface area contributed by atoms with Gasteiger partial charge < -0.3 is 10.6 Å². The van der Waals surface area contributed by atoms with E-state index >= 15 is 0 Å². The molecule has 10 heteroatoms. The highest BCUT2D eigenvalue weighted by atomic mass is 35.5. The normalized spacial score (nSPS) is 18.6. The first kappa shape index (κ1) is 21.6. The van der Waals surface area contributed by atoms with Gasteiger partial charge in [0.15, 0.2) is 5.41 Å². The predicted molar refractivity (Wildman–Crippen MR) is 81.1 cm³/mol. The first-order valence-corrected chi connectivity index (χ1v) is 7.20. The molecule has 1 aromatic carbocycles. The van der Waals surface area contributed by atoms with Gasteiger partial charge in [-0.15, -0.1) is 12.4 Å². The lowest BCUT2D eigenvalue weighted by molar-refractivity contribution is -0.334. The summed E-state index contributed by atoms with van der Waals surface area (Å²) in [5.41, 5.74) is 2.47. The number of carbonyl (C=O) groups excluding carboxylic acids is 1. The molecule has 0 aromatic heterocycles. The second-order valence-electron chi connectivity index (χ2n) is 5.88. The van der Waals surface area contributed by atoms with E-state index in [0.717, 1.165) is 0 Å². The molecule has 1 aliphatic rings. The Kier molecular flexibility index (Phi) is 6.39. The molecule has 1 amide bonds. The van der Waals surface area contributed by atoms with Gasteiger partial charge in [0.1, 0.15) is 0 Å². The van der Waals surface area contributed by atoms with Crippen LogP contribution in [0.3, 0.4) is 0 Å². The third-order valence-electron chi connectivity index (χ3n) is 4.28. The molecule has 0 spiro atoms. The highest BCUT2D eigenvalue weighted by Gasteiger charge is 2.72. The van der Waals surface area contributed by atoms with Crippen molar-refractivity contribution in [3.05, 3.63) is 35.9 Å². The summed E-state index contributed by atoms with van der Waals surface area (Å²) >= 11 is 0. The highest BCUT2D eigenvalue weighted by molar-refractivity contribution is 5.85. The van der Waals surface area contributed by atoms with Crippen LogP contribution in [-0.2, 0) is 11.2 Å². The number of amides is 1. The van der Waals surface area contributed by atoms with Crippen LogP contribution in [0.2, 0.25) is 0 Å². The summed E-state index contributed by atoms with van der Waals surface area (Å²) in [6.45, 7) is -2.07. The number of nitrogens with two attached hydrogens (primary N) is 1. The Morgan fingerprint density at radius 1 is 1.12 bits per heavy atom. The lowest BCUT2D eigenvalue weighted by Gasteiger charge is -2.33. The number of carbonyl (C=O) groups is 1. The van der Waals surface area contributed by atoms with E-state index in [1.807, 2.05) is 0 Å². The van der Waals surface area contributed by atoms with Gasteiger partial charge >= 0.3 is 12.4 Å². The maximum Gasteiger partial charge on any atom is 0.404 e. The van der Waals surface area contributed by atoms with Crippen LogP contribution in [0, 0.1) is 5.41 Å². The Morgan fingerprint density at radius 3 is 2.08 bits per heavy atom. The van der Waals surface area contributed by atoms with E-state index in [1.165, 1.54) is 0 Å². The van der Waals surface area contributed by atoms with Crippen molar-refractivity contribution in [1.82, 2.24) is 4.90 Å². The van der Waals surface area contributed by atoms with E-state index in [9.17, 15) is 31.1 Å². The van der Waals surface area contributed by atoms with Gasteiger partial charge in [0, 0.05) is 13.1 Å². The molecule has 2 N–H and O–H groups in total. The van der Waals surface area contributed by atoms with Crippen LogP contribution in [-0.4, -0.2) is 42.3 Å². The zero-order valence-corrected chi connectivity index (χ0v) is 13.7. The summed E-state index contributed by atoms with van der Waals surface area (Å²) in [6.07, 6.45) is -12.1. The topological polar surface area (TPSA) is 46.3 Å². The number of hydrogen-bond donors (Lipinski definition) is 1. The van der Waals surface area contributed by atoms with E-state index in [-0.39, 0.29) is 18.8 Å². The maximum absolute atomic E-state index is 13.0. The fourth-order valence-electron chi connectivity index (χ4n) is 2.81. The Labute approximate surface area is 146 Å². The predicted octanol–water partition coefficient (Wildman–Crippen LogP) is 3.32. The minimum atomic E-state index is -5.48. The number of rotatable bonds is 3. The van der Waals surface area contributed by atoms with E-state index in [2.05, 4.69) is 0 Å². The molecule has 2 rings (SSSR count). The van der Waals surface area contributed by atoms with Crippen LogP contribution in [0.5, 0.6) is 0 Å². The van der Waals surface area contributed by atoms with Gasteiger partial charge in [-0.25, -0.2) is 0 Å². The SMILES string of the molecule is Cl.N[C@@H](Cc1ccccc1)C(=O)N1CCC(C(F)(F)F)(C(F)(F)F)C1. The average molecular weight is 391 g/mol. The number of halogens is 7. The standard InChI is InChI=1S/C15H16F6N2O.ClH/c16-14(17,18)13(15(19,20)21)6-7-23(9-13)12(24)11(22)8-10-4-2-1-3-5-10;/h1-5,11H,6-9,22H2;1H/t11-;/m0./s1. The molecule has 1 atom stereocenters. The first-order valence-electron chi connectivity index (χ1n) is 7.20. The summed E-state index contributed by atoms with van der Waals surface area (Å²) in [5, 5.41) is 0. The largest absolute Gasteiger partial charge is 0.404 e. The number of hydrogen-bond acceptors (Lipinski definition) is 2. The second kappa shape index (κ2) is 7.41. The summed E-state index contributed by atoms with van der Waals surface area (Å²) in [4.78, 5) is 12.7. The van der Waals surface area contributed by atoms with Crippen molar-refractivity contribution in [2.45, 2.75) is 31.2 Å². The van der Waals surface area contributed by atoms with Crippen LogP contribution in [0.1, 0.15) is 12.0 Å². The zero-order valence-electron chi connectivity index (χ0n) is 12.9. The third kappa shape index (κ3) is 4.20. The monoisotopic (exact) mass is 390 g/mol. The molecule has 1 aliphatic heterocycles. The van der Waals surface area contributed by atoms with E-state index in [1.54, 1.807) is 30.3 Å². The Balaban J connectivity index is 0.00000312. The van der Waals surface area contributed by atoms with Gasteiger partial charge in [-0.1, -0.05) is 30.3 Å². The van der Waals surface area contributed by atoms with Crippen molar-refractivity contribution >= 4 is 18.3 Å². The molecule has 1 aromatic rings. The first-order chi connectivity index (χ1) is 11.0. The lowest BCUT2D eigenvalue weighted by Crippen LogP contribution is -2.53. The van der Waals surface area contributed by atoms with Gasteiger partial charge in [-0.2, -0.15) is 26.3 Å². The van der Waals surface area contributed by atoms with Crippen molar-refractivity contribution < 1.29 is 31.1 Å². The van der Waals surface area contributed by atoms with Gasteiger partial charge in [0.05, 0.1) is 6.04 Å². The van der Waals surface area contributed by atoms with Crippen LogP contribution >= 0.6 is 12.4 Å². The minimum Gasteiger partial charge on any atom is -0.340 e. The van der Waals surface area contributed by atoms with E-state index in [4.69, 9.17) is 5.73 Å². The molecule has 1 heterocycles. The molecule has 1 saturated heterocycles. The molecule has 1 fully saturated rings. The third-order valence-corrected chi connectivity index (χ3v) is 4.28. The van der Waals surface area contributed by atoms with Crippen molar-refractivity contribution in [2.75, 3.05) is 13.1 Å². The summed E-state index contributed by atoms with van der Waals surface area (Å²) in [7, 11) is 0. The molecular weight excluding hydrogens is 374 g/mol. The summed E-state index contributed by atoms with van der Waals surface area (Å²) < 4.78 is 78.0.